The van der Waals surface area contributed by atoms with E-state index < -0.39 is 6.03 Å². The van der Waals surface area contributed by atoms with Crippen molar-refractivity contribution < 1.29 is 9.59 Å². The van der Waals surface area contributed by atoms with Gasteiger partial charge in [0.2, 0.25) is 0 Å². The molecule has 0 fully saturated rings. The smallest absolute Gasteiger partial charge is 0.312 e. The van der Waals surface area contributed by atoms with Crippen LogP contribution in [0.2, 0.25) is 0 Å². The minimum Gasteiger partial charge on any atom is -0.352 e. The zero-order valence-corrected chi connectivity index (χ0v) is 17.2. The molecule has 0 saturated carbocycles. The fraction of sp³-hybridized carbons (Fsp3) is 0.391. The lowest BCUT2D eigenvalue weighted by atomic mass is 9.92. The van der Waals surface area contributed by atoms with Gasteiger partial charge in [-0.3, -0.25) is 4.79 Å². The number of urea groups is 1. The van der Waals surface area contributed by atoms with Crippen LogP contribution >= 0.6 is 0 Å². The van der Waals surface area contributed by atoms with E-state index in [0.717, 1.165) is 17.5 Å². The number of hydrogen-bond acceptors (Lipinski definition) is 2. The Morgan fingerprint density at radius 2 is 1.50 bits per heavy atom. The lowest BCUT2D eigenvalue weighted by Crippen LogP contribution is -2.32. The van der Waals surface area contributed by atoms with E-state index in [1.165, 1.54) is 5.56 Å². The second-order valence-electron chi connectivity index (χ2n) is 7.59. The van der Waals surface area contributed by atoms with Crippen molar-refractivity contribution in [2.45, 2.75) is 52.6 Å². The zero-order chi connectivity index (χ0) is 20.7. The average Bonchev–Trinajstić information content (AvgIpc) is 2.70. The minimum absolute atomic E-state index is 0.0605. The summed E-state index contributed by atoms with van der Waals surface area (Å²) in [6, 6.07) is 15.1. The van der Waals surface area contributed by atoms with Crippen LogP contribution in [0.25, 0.3) is 0 Å². The molecular formula is C23H31N3O2. The van der Waals surface area contributed by atoms with Crippen LogP contribution in [0.5, 0.6) is 0 Å². The van der Waals surface area contributed by atoms with Crippen molar-refractivity contribution in [3.05, 3.63) is 70.8 Å². The maximum absolute atomic E-state index is 12.7. The fourth-order valence-electron chi connectivity index (χ4n) is 3.09. The molecule has 0 saturated heterocycles. The summed E-state index contributed by atoms with van der Waals surface area (Å²) in [6.45, 7) is 8.96. The summed E-state index contributed by atoms with van der Waals surface area (Å²) in [5.41, 5.74) is 8.98. The van der Waals surface area contributed by atoms with Crippen LogP contribution in [0.3, 0.4) is 0 Å². The molecule has 3 amide bonds. The molecule has 0 aliphatic heterocycles. The van der Waals surface area contributed by atoms with Crippen molar-refractivity contribution in [3.63, 3.8) is 0 Å². The van der Waals surface area contributed by atoms with E-state index in [-0.39, 0.29) is 17.9 Å². The fourth-order valence-corrected chi connectivity index (χ4v) is 3.09. The second kappa shape index (κ2) is 9.93. The summed E-state index contributed by atoms with van der Waals surface area (Å²) in [7, 11) is 0. The number of amides is 3. The van der Waals surface area contributed by atoms with E-state index in [1.54, 1.807) is 12.1 Å². The van der Waals surface area contributed by atoms with E-state index in [9.17, 15) is 9.59 Å². The normalized spacial score (nSPS) is 13.0. The Labute approximate surface area is 167 Å². The van der Waals surface area contributed by atoms with Gasteiger partial charge in [0.25, 0.3) is 5.91 Å². The molecule has 2 atom stereocenters. The number of rotatable bonds is 8. The van der Waals surface area contributed by atoms with Gasteiger partial charge in [-0.05, 0) is 47.1 Å². The molecule has 5 heteroatoms. The highest BCUT2D eigenvalue weighted by molar-refractivity contribution is 5.94. The Bertz CT molecular complexity index is 782. The van der Waals surface area contributed by atoms with Gasteiger partial charge >= 0.3 is 6.03 Å². The Morgan fingerprint density at radius 1 is 0.929 bits per heavy atom. The SMILES string of the molecule is CCC(C)c1ccc(C(NC(=O)c2ccc(CNC(N)=O)cc2)C(C)C)cc1. The van der Waals surface area contributed by atoms with E-state index >= 15 is 0 Å². The molecule has 28 heavy (non-hydrogen) atoms. The third kappa shape index (κ3) is 5.84. The molecule has 0 aromatic heterocycles. The van der Waals surface area contributed by atoms with Crippen LogP contribution in [-0.4, -0.2) is 11.9 Å². The second-order valence-corrected chi connectivity index (χ2v) is 7.59. The van der Waals surface area contributed by atoms with Crippen LogP contribution in [0, 0.1) is 5.92 Å². The van der Waals surface area contributed by atoms with Crippen LogP contribution < -0.4 is 16.4 Å². The van der Waals surface area contributed by atoms with Gasteiger partial charge < -0.3 is 16.4 Å². The van der Waals surface area contributed by atoms with Crippen molar-refractivity contribution in [2.24, 2.45) is 11.7 Å². The van der Waals surface area contributed by atoms with Crippen LogP contribution in [0.1, 0.15) is 73.1 Å². The van der Waals surface area contributed by atoms with Crippen LogP contribution in [0.4, 0.5) is 4.79 Å². The first-order chi connectivity index (χ1) is 13.3. The Kier molecular flexibility index (Phi) is 7.61. The minimum atomic E-state index is -0.569. The van der Waals surface area contributed by atoms with Crippen molar-refractivity contribution in [1.29, 1.82) is 0 Å². The first-order valence-corrected chi connectivity index (χ1v) is 9.84. The molecule has 2 aromatic rings. The highest BCUT2D eigenvalue weighted by Gasteiger charge is 2.19. The van der Waals surface area contributed by atoms with Gasteiger partial charge in [-0.2, -0.15) is 0 Å². The number of nitrogens with one attached hydrogen (secondary N) is 2. The summed E-state index contributed by atoms with van der Waals surface area (Å²) in [5, 5.41) is 5.69. The van der Waals surface area contributed by atoms with Gasteiger partial charge in [0.05, 0.1) is 6.04 Å². The summed E-state index contributed by atoms with van der Waals surface area (Å²) in [5.74, 6) is 0.681. The maximum atomic E-state index is 12.7. The summed E-state index contributed by atoms with van der Waals surface area (Å²) < 4.78 is 0. The highest BCUT2D eigenvalue weighted by Crippen LogP contribution is 2.25. The summed E-state index contributed by atoms with van der Waals surface area (Å²) >= 11 is 0. The maximum Gasteiger partial charge on any atom is 0.312 e. The monoisotopic (exact) mass is 381 g/mol. The summed E-state index contributed by atoms with van der Waals surface area (Å²) in [4.78, 5) is 23.5. The quantitative estimate of drug-likeness (QED) is 0.629. The first-order valence-electron chi connectivity index (χ1n) is 9.84. The molecule has 0 spiro atoms. The van der Waals surface area contributed by atoms with Crippen molar-refractivity contribution in [2.75, 3.05) is 0 Å². The standard InChI is InChI=1S/C23H31N3O2/c1-5-16(4)18-10-12-19(13-11-18)21(15(2)3)26-22(27)20-8-6-17(7-9-20)14-25-23(24)28/h6-13,15-16,21H,5,14H2,1-4H3,(H,26,27)(H3,24,25,28). The number of benzene rings is 2. The molecule has 2 rings (SSSR count). The van der Waals surface area contributed by atoms with Crippen LogP contribution in [0.15, 0.2) is 48.5 Å². The van der Waals surface area contributed by atoms with Crippen molar-refractivity contribution in [1.82, 2.24) is 10.6 Å². The summed E-state index contributed by atoms with van der Waals surface area (Å²) in [6.07, 6.45) is 1.11. The predicted molar refractivity (Wildman–Crippen MR) is 113 cm³/mol. The lowest BCUT2D eigenvalue weighted by Gasteiger charge is -2.24. The number of nitrogens with two attached hydrogens (primary N) is 1. The third-order valence-corrected chi connectivity index (χ3v) is 5.11. The number of carbonyl (C=O) groups is 2. The van der Waals surface area contributed by atoms with Crippen molar-refractivity contribution in [3.8, 4) is 0 Å². The Hall–Kier alpha value is -2.82. The molecular weight excluding hydrogens is 350 g/mol. The Balaban J connectivity index is 2.09. The van der Waals surface area contributed by atoms with E-state index in [0.29, 0.717) is 18.0 Å². The molecule has 5 nitrogen and oxygen atoms in total. The van der Waals surface area contributed by atoms with Crippen LogP contribution in [-0.2, 0) is 6.54 Å². The van der Waals surface area contributed by atoms with Gasteiger partial charge in [0, 0.05) is 12.1 Å². The zero-order valence-electron chi connectivity index (χ0n) is 17.2. The number of carbonyl (C=O) groups excluding carboxylic acids is 2. The van der Waals surface area contributed by atoms with E-state index in [1.807, 2.05) is 12.1 Å². The van der Waals surface area contributed by atoms with Gasteiger partial charge in [0.1, 0.15) is 0 Å². The van der Waals surface area contributed by atoms with Gasteiger partial charge in [-0.25, -0.2) is 4.79 Å². The Morgan fingerprint density at radius 3 is 2.00 bits per heavy atom. The number of primary amides is 1. The molecule has 4 N–H and O–H groups in total. The van der Waals surface area contributed by atoms with Gasteiger partial charge in [0.15, 0.2) is 0 Å². The van der Waals surface area contributed by atoms with Gasteiger partial charge in [-0.1, -0.05) is 64.1 Å². The van der Waals surface area contributed by atoms with E-state index in [2.05, 4.69) is 62.6 Å². The lowest BCUT2D eigenvalue weighted by molar-refractivity contribution is 0.0925. The molecule has 2 aromatic carbocycles. The molecule has 0 aliphatic carbocycles. The molecule has 0 radical (unpaired) electrons. The van der Waals surface area contributed by atoms with Gasteiger partial charge in [-0.15, -0.1) is 0 Å². The van der Waals surface area contributed by atoms with Crippen molar-refractivity contribution >= 4 is 11.9 Å². The molecule has 150 valence electrons. The average molecular weight is 382 g/mol. The number of hydrogen-bond donors (Lipinski definition) is 3. The molecule has 0 aliphatic rings. The first kappa shape index (κ1) is 21.5. The highest BCUT2D eigenvalue weighted by atomic mass is 16.2. The predicted octanol–water partition coefficient (Wildman–Crippen LogP) is 4.50. The van der Waals surface area contributed by atoms with E-state index in [4.69, 9.17) is 5.73 Å². The largest absolute Gasteiger partial charge is 0.352 e. The topological polar surface area (TPSA) is 84.2 Å². The molecule has 0 heterocycles. The third-order valence-electron chi connectivity index (χ3n) is 5.11. The molecule has 0 bridgehead atoms. The molecule has 2 unspecified atom stereocenters.